The van der Waals surface area contributed by atoms with Crippen LogP contribution in [-0.4, -0.2) is 40.2 Å². The Morgan fingerprint density at radius 3 is 2.50 bits per heavy atom. The van der Waals surface area contributed by atoms with Gasteiger partial charge in [-0.1, -0.05) is 19.9 Å². The molecule has 28 heavy (non-hydrogen) atoms. The van der Waals surface area contributed by atoms with Gasteiger partial charge in [0.15, 0.2) is 0 Å². The molecular weight excluding hydrogens is 362 g/mol. The molecule has 0 radical (unpaired) electrons. The molecule has 146 valence electrons. The van der Waals surface area contributed by atoms with Crippen molar-refractivity contribution in [2.24, 2.45) is 11.7 Å². The zero-order valence-electron chi connectivity index (χ0n) is 15.8. The van der Waals surface area contributed by atoms with Crippen molar-refractivity contribution in [2.75, 3.05) is 7.11 Å². The highest BCUT2D eigenvalue weighted by atomic mass is 16.5. The number of hydrogen-bond acceptors (Lipinski definition) is 7. The van der Waals surface area contributed by atoms with Crippen LogP contribution >= 0.6 is 0 Å². The summed E-state index contributed by atoms with van der Waals surface area (Å²) in [4.78, 5) is 32.6. The van der Waals surface area contributed by atoms with Gasteiger partial charge in [-0.15, -0.1) is 0 Å². The molecule has 0 saturated carbocycles. The number of para-hydroxylation sites is 1. The summed E-state index contributed by atoms with van der Waals surface area (Å²) in [7, 11) is 1.49. The zero-order valence-corrected chi connectivity index (χ0v) is 15.8. The van der Waals surface area contributed by atoms with Crippen LogP contribution < -0.4 is 10.5 Å². The SMILES string of the molecule is COc1ccc(COC(=O)[C@@H](N)C(C)C)c2nc3cccc(C(=O)O)c3nc12. The van der Waals surface area contributed by atoms with E-state index in [0.29, 0.717) is 27.9 Å². The van der Waals surface area contributed by atoms with Crippen LogP contribution in [0.2, 0.25) is 0 Å². The first-order valence-corrected chi connectivity index (χ1v) is 8.75. The van der Waals surface area contributed by atoms with Crippen LogP contribution in [0, 0.1) is 5.92 Å². The number of fused-ring (bicyclic) bond motifs is 2. The summed E-state index contributed by atoms with van der Waals surface area (Å²) in [6.07, 6.45) is 0. The summed E-state index contributed by atoms with van der Waals surface area (Å²) in [5, 5.41) is 9.41. The second-order valence-corrected chi connectivity index (χ2v) is 6.70. The molecule has 1 aromatic heterocycles. The molecule has 0 aliphatic rings. The first kappa shape index (κ1) is 19.5. The van der Waals surface area contributed by atoms with E-state index < -0.39 is 18.0 Å². The molecule has 0 aliphatic carbocycles. The Balaban J connectivity index is 2.10. The summed E-state index contributed by atoms with van der Waals surface area (Å²) >= 11 is 0. The number of carboxylic acids is 1. The summed E-state index contributed by atoms with van der Waals surface area (Å²) in [6.45, 7) is 3.65. The number of nitrogens with zero attached hydrogens (tertiary/aromatic N) is 2. The molecule has 0 amide bonds. The van der Waals surface area contributed by atoms with E-state index in [9.17, 15) is 14.7 Å². The van der Waals surface area contributed by atoms with Gasteiger partial charge in [0.1, 0.15) is 29.4 Å². The average molecular weight is 383 g/mol. The van der Waals surface area contributed by atoms with E-state index in [1.165, 1.54) is 13.2 Å². The quantitative estimate of drug-likeness (QED) is 0.491. The summed E-state index contributed by atoms with van der Waals surface area (Å²) in [5.41, 5.74) is 8.04. The molecule has 2 aromatic carbocycles. The predicted octanol–water partition coefficient (Wildman–Crippen LogP) is 2.52. The number of benzene rings is 2. The number of nitrogens with two attached hydrogens (primary N) is 1. The van der Waals surface area contributed by atoms with Crippen molar-refractivity contribution in [2.45, 2.75) is 26.5 Å². The monoisotopic (exact) mass is 383 g/mol. The van der Waals surface area contributed by atoms with Crippen LogP contribution in [0.25, 0.3) is 22.1 Å². The second-order valence-electron chi connectivity index (χ2n) is 6.70. The van der Waals surface area contributed by atoms with Gasteiger partial charge < -0.3 is 20.3 Å². The number of esters is 1. The first-order valence-electron chi connectivity index (χ1n) is 8.75. The fourth-order valence-corrected chi connectivity index (χ4v) is 2.78. The maximum Gasteiger partial charge on any atom is 0.337 e. The molecule has 0 spiro atoms. The van der Waals surface area contributed by atoms with Crippen LogP contribution in [0.1, 0.15) is 29.8 Å². The van der Waals surface area contributed by atoms with Crippen molar-refractivity contribution in [3.8, 4) is 5.75 Å². The Morgan fingerprint density at radius 1 is 1.11 bits per heavy atom. The average Bonchev–Trinajstić information content (AvgIpc) is 2.68. The van der Waals surface area contributed by atoms with Gasteiger partial charge in [0, 0.05) is 5.56 Å². The van der Waals surface area contributed by atoms with Crippen molar-refractivity contribution < 1.29 is 24.2 Å². The van der Waals surface area contributed by atoms with Gasteiger partial charge in [-0.05, 0) is 30.2 Å². The van der Waals surface area contributed by atoms with Crippen LogP contribution in [0.3, 0.4) is 0 Å². The lowest BCUT2D eigenvalue weighted by Crippen LogP contribution is -2.36. The van der Waals surface area contributed by atoms with Gasteiger partial charge in [-0.3, -0.25) is 4.79 Å². The summed E-state index contributed by atoms with van der Waals surface area (Å²) < 4.78 is 10.7. The van der Waals surface area contributed by atoms with Gasteiger partial charge in [0.25, 0.3) is 0 Å². The number of hydrogen-bond donors (Lipinski definition) is 2. The molecule has 1 heterocycles. The lowest BCUT2D eigenvalue weighted by atomic mass is 10.1. The molecule has 0 aliphatic heterocycles. The molecule has 0 saturated heterocycles. The number of rotatable bonds is 6. The summed E-state index contributed by atoms with van der Waals surface area (Å²) in [5.74, 6) is -1.19. The lowest BCUT2D eigenvalue weighted by Gasteiger charge is -2.15. The minimum atomic E-state index is -1.09. The van der Waals surface area contributed by atoms with Gasteiger partial charge in [-0.2, -0.15) is 0 Å². The number of aromatic nitrogens is 2. The Morgan fingerprint density at radius 2 is 1.86 bits per heavy atom. The number of aromatic carboxylic acids is 1. The predicted molar refractivity (Wildman–Crippen MR) is 103 cm³/mol. The fourth-order valence-electron chi connectivity index (χ4n) is 2.78. The highest BCUT2D eigenvalue weighted by Gasteiger charge is 2.20. The first-order chi connectivity index (χ1) is 13.3. The third-order valence-corrected chi connectivity index (χ3v) is 4.48. The minimum absolute atomic E-state index is 0.0292. The van der Waals surface area contributed by atoms with E-state index in [-0.39, 0.29) is 23.6 Å². The summed E-state index contributed by atoms with van der Waals surface area (Å²) in [6, 6.07) is 7.45. The molecule has 0 unspecified atom stereocenters. The van der Waals surface area contributed by atoms with Crippen molar-refractivity contribution in [3.05, 3.63) is 41.5 Å². The highest BCUT2D eigenvalue weighted by molar-refractivity contribution is 6.03. The molecule has 3 aromatic rings. The topological polar surface area (TPSA) is 125 Å². The smallest absolute Gasteiger partial charge is 0.337 e. The second kappa shape index (κ2) is 7.77. The third kappa shape index (κ3) is 3.59. The van der Waals surface area contributed by atoms with E-state index in [2.05, 4.69) is 9.97 Å². The number of methoxy groups -OCH3 is 1. The molecule has 8 nitrogen and oxygen atoms in total. The van der Waals surface area contributed by atoms with Crippen molar-refractivity contribution in [1.82, 2.24) is 9.97 Å². The number of carboxylic acid groups (broad SMARTS) is 1. The van der Waals surface area contributed by atoms with E-state index in [1.807, 2.05) is 13.8 Å². The van der Waals surface area contributed by atoms with Gasteiger partial charge >= 0.3 is 11.9 Å². The largest absolute Gasteiger partial charge is 0.494 e. The van der Waals surface area contributed by atoms with Crippen LogP contribution in [0.15, 0.2) is 30.3 Å². The maximum atomic E-state index is 12.1. The molecule has 0 bridgehead atoms. The van der Waals surface area contributed by atoms with Crippen LogP contribution in [0.4, 0.5) is 0 Å². The third-order valence-electron chi connectivity index (χ3n) is 4.48. The van der Waals surface area contributed by atoms with Crippen molar-refractivity contribution >= 4 is 34.0 Å². The lowest BCUT2D eigenvalue weighted by molar-refractivity contribution is -0.147. The molecule has 0 fully saturated rings. The Bertz CT molecular complexity index is 1060. The van der Waals surface area contributed by atoms with E-state index in [1.54, 1.807) is 24.3 Å². The minimum Gasteiger partial charge on any atom is -0.494 e. The normalized spacial score (nSPS) is 12.3. The Labute approximate surface area is 161 Å². The van der Waals surface area contributed by atoms with E-state index in [4.69, 9.17) is 15.2 Å². The number of carbonyl (C=O) groups excluding carboxylic acids is 1. The molecule has 3 rings (SSSR count). The highest BCUT2D eigenvalue weighted by Crippen LogP contribution is 2.29. The number of carbonyl (C=O) groups is 2. The van der Waals surface area contributed by atoms with Crippen molar-refractivity contribution in [3.63, 3.8) is 0 Å². The Hall–Kier alpha value is -3.26. The van der Waals surface area contributed by atoms with Crippen molar-refractivity contribution in [1.29, 1.82) is 0 Å². The van der Waals surface area contributed by atoms with Gasteiger partial charge in [0.05, 0.1) is 23.7 Å². The van der Waals surface area contributed by atoms with Gasteiger partial charge in [-0.25, -0.2) is 14.8 Å². The molecular formula is C20H21N3O5. The molecule has 3 N–H and O–H groups in total. The fraction of sp³-hybridized carbons (Fsp3) is 0.300. The zero-order chi connectivity index (χ0) is 20.4. The van der Waals surface area contributed by atoms with E-state index >= 15 is 0 Å². The Kier molecular flexibility index (Phi) is 5.41. The maximum absolute atomic E-state index is 12.1. The standard InChI is InChI=1S/C20H21N3O5/c1-10(2)15(21)20(26)28-9-11-7-8-14(27-3)18-16(11)22-13-6-4-5-12(19(24)25)17(13)23-18/h4-8,10,15H,9,21H2,1-3H3,(H,24,25)/t15-/m0/s1. The molecule has 8 heteroatoms. The van der Waals surface area contributed by atoms with Crippen LogP contribution in [0.5, 0.6) is 5.75 Å². The van der Waals surface area contributed by atoms with Crippen LogP contribution in [-0.2, 0) is 16.1 Å². The van der Waals surface area contributed by atoms with Gasteiger partial charge in [0.2, 0.25) is 0 Å². The number of ether oxygens (including phenoxy) is 2. The molecule has 1 atom stereocenters. The van der Waals surface area contributed by atoms with E-state index in [0.717, 1.165) is 0 Å².